The molecule has 1 aromatic heterocycles. The lowest BCUT2D eigenvalue weighted by Gasteiger charge is -2.18. The first kappa shape index (κ1) is 15.7. The molecule has 1 atom stereocenters. The molecular weight excluding hydrogens is 310 g/mol. The van der Waals surface area contributed by atoms with Crippen LogP contribution in [0.2, 0.25) is 0 Å². The quantitative estimate of drug-likeness (QED) is 0.869. The highest BCUT2D eigenvalue weighted by atomic mass is 32.1. The van der Waals surface area contributed by atoms with Crippen LogP contribution in [0.5, 0.6) is 0 Å². The van der Waals surface area contributed by atoms with Gasteiger partial charge in [-0.15, -0.1) is 11.3 Å². The van der Waals surface area contributed by atoms with Crippen LogP contribution >= 0.6 is 11.3 Å². The van der Waals surface area contributed by atoms with Crippen LogP contribution in [0.1, 0.15) is 44.5 Å². The molecule has 3 rings (SSSR count). The van der Waals surface area contributed by atoms with Gasteiger partial charge in [-0.05, 0) is 42.9 Å². The highest BCUT2D eigenvalue weighted by Crippen LogP contribution is 2.40. The van der Waals surface area contributed by atoms with E-state index < -0.39 is 0 Å². The van der Waals surface area contributed by atoms with E-state index in [1.54, 1.807) is 12.1 Å². The highest BCUT2D eigenvalue weighted by Gasteiger charge is 2.28. The third-order valence-electron chi connectivity index (χ3n) is 4.16. The van der Waals surface area contributed by atoms with Crippen molar-refractivity contribution in [1.82, 2.24) is 0 Å². The summed E-state index contributed by atoms with van der Waals surface area (Å²) in [5, 5.41) is 3.49. The standard InChI is InChI=1S/C18H19NO3S/c1-11-8-9-13-14(10-11)23-17(15(13)18(21)22-2)19-16(20)12-6-4-3-5-7-12/h3-7,11H,8-10H2,1-2H3,(H,19,20)/t11-/m1/s1. The van der Waals surface area contributed by atoms with Gasteiger partial charge in [-0.2, -0.15) is 0 Å². The van der Waals surface area contributed by atoms with E-state index in [1.165, 1.54) is 23.3 Å². The zero-order valence-electron chi connectivity index (χ0n) is 13.2. The number of hydrogen-bond donors (Lipinski definition) is 1. The van der Waals surface area contributed by atoms with Crippen LogP contribution in [0.25, 0.3) is 0 Å². The summed E-state index contributed by atoms with van der Waals surface area (Å²) in [4.78, 5) is 25.8. The number of anilines is 1. The Kier molecular flexibility index (Phi) is 4.48. The first-order valence-corrected chi connectivity index (χ1v) is 8.51. The van der Waals surface area contributed by atoms with Crippen molar-refractivity contribution in [3.63, 3.8) is 0 Å². The summed E-state index contributed by atoms with van der Waals surface area (Å²) in [7, 11) is 1.38. The van der Waals surface area contributed by atoms with Gasteiger partial charge in [-0.3, -0.25) is 4.79 Å². The maximum atomic E-state index is 12.4. The second kappa shape index (κ2) is 6.54. The predicted octanol–water partition coefficient (Wildman–Crippen LogP) is 3.91. The summed E-state index contributed by atoms with van der Waals surface area (Å²) in [6, 6.07) is 9.00. The number of benzene rings is 1. The molecule has 1 aromatic carbocycles. The molecule has 0 fully saturated rings. The second-order valence-electron chi connectivity index (χ2n) is 5.87. The number of hydrogen-bond acceptors (Lipinski definition) is 4. The largest absolute Gasteiger partial charge is 0.465 e. The van der Waals surface area contributed by atoms with Crippen molar-refractivity contribution in [2.45, 2.75) is 26.2 Å². The molecule has 5 heteroatoms. The Balaban J connectivity index is 1.95. The Morgan fingerprint density at radius 1 is 1.26 bits per heavy atom. The lowest BCUT2D eigenvalue weighted by atomic mass is 9.88. The Morgan fingerprint density at radius 2 is 2.00 bits per heavy atom. The van der Waals surface area contributed by atoms with E-state index in [0.29, 0.717) is 22.0 Å². The van der Waals surface area contributed by atoms with Gasteiger partial charge >= 0.3 is 5.97 Å². The third kappa shape index (κ3) is 3.15. The molecule has 4 nitrogen and oxygen atoms in total. The van der Waals surface area contributed by atoms with Crippen LogP contribution in [0.3, 0.4) is 0 Å². The number of ether oxygens (including phenoxy) is 1. The molecule has 1 aliphatic rings. The van der Waals surface area contributed by atoms with Gasteiger partial charge in [-0.1, -0.05) is 25.1 Å². The molecule has 0 spiro atoms. The van der Waals surface area contributed by atoms with E-state index in [2.05, 4.69) is 12.2 Å². The number of amides is 1. The van der Waals surface area contributed by atoms with Crippen LogP contribution in [0.4, 0.5) is 5.00 Å². The molecule has 1 N–H and O–H groups in total. The number of thiophene rings is 1. The van der Waals surface area contributed by atoms with Gasteiger partial charge in [0.1, 0.15) is 5.00 Å². The monoisotopic (exact) mass is 329 g/mol. The summed E-state index contributed by atoms with van der Waals surface area (Å²) >= 11 is 1.50. The molecule has 0 saturated carbocycles. The number of esters is 1. The lowest BCUT2D eigenvalue weighted by Crippen LogP contribution is -2.16. The minimum atomic E-state index is -0.375. The number of rotatable bonds is 3. The molecule has 0 bridgehead atoms. The summed E-state index contributed by atoms with van der Waals surface area (Å²) in [6.45, 7) is 2.21. The normalized spacial score (nSPS) is 16.5. The van der Waals surface area contributed by atoms with Crippen LogP contribution in [-0.4, -0.2) is 19.0 Å². The van der Waals surface area contributed by atoms with Crippen molar-refractivity contribution < 1.29 is 14.3 Å². The zero-order chi connectivity index (χ0) is 16.4. The van der Waals surface area contributed by atoms with E-state index in [0.717, 1.165) is 24.8 Å². The zero-order valence-corrected chi connectivity index (χ0v) is 14.0. The molecule has 0 aliphatic heterocycles. The highest BCUT2D eigenvalue weighted by molar-refractivity contribution is 7.17. The van der Waals surface area contributed by atoms with Crippen LogP contribution in [-0.2, 0) is 17.6 Å². The van der Waals surface area contributed by atoms with E-state index in [4.69, 9.17) is 4.74 Å². The number of carbonyl (C=O) groups excluding carboxylic acids is 2. The fraction of sp³-hybridized carbons (Fsp3) is 0.333. The van der Waals surface area contributed by atoms with Gasteiger partial charge < -0.3 is 10.1 Å². The average Bonchev–Trinajstić information content (AvgIpc) is 2.91. The van der Waals surface area contributed by atoms with Gasteiger partial charge in [0, 0.05) is 10.4 Å². The molecule has 23 heavy (non-hydrogen) atoms. The van der Waals surface area contributed by atoms with E-state index in [-0.39, 0.29) is 11.9 Å². The van der Waals surface area contributed by atoms with Gasteiger partial charge in [0.25, 0.3) is 5.91 Å². The number of carbonyl (C=O) groups is 2. The molecule has 1 aliphatic carbocycles. The van der Waals surface area contributed by atoms with E-state index >= 15 is 0 Å². The Labute approximate surface area is 139 Å². The van der Waals surface area contributed by atoms with Crippen molar-refractivity contribution in [2.75, 3.05) is 12.4 Å². The van der Waals surface area contributed by atoms with Crippen molar-refractivity contribution in [3.05, 3.63) is 51.9 Å². The summed E-state index contributed by atoms with van der Waals surface area (Å²) in [5.74, 6) is 0.0205. The molecular formula is C18H19NO3S. The summed E-state index contributed by atoms with van der Waals surface area (Å²) in [5.41, 5.74) is 2.15. The summed E-state index contributed by atoms with van der Waals surface area (Å²) in [6.07, 6.45) is 2.86. The molecule has 0 saturated heterocycles. The van der Waals surface area contributed by atoms with Gasteiger partial charge in [0.05, 0.1) is 12.7 Å². The first-order chi connectivity index (χ1) is 11.1. The van der Waals surface area contributed by atoms with Gasteiger partial charge in [0.2, 0.25) is 0 Å². The van der Waals surface area contributed by atoms with Crippen LogP contribution in [0, 0.1) is 5.92 Å². The minimum absolute atomic E-state index is 0.206. The average molecular weight is 329 g/mol. The van der Waals surface area contributed by atoms with Crippen molar-refractivity contribution in [2.24, 2.45) is 5.92 Å². The fourth-order valence-corrected chi connectivity index (χ4v) is 4.32. The second-order valence-corrected chi connectivity index (χ2v) is 6.97. The maximum Gasteiger partial charge on any atom is 0.341 e. The molecule has 1 heterocycles. The Hall–Kier alpha value is -2.14. The van der Waals surface area contributed by atoms with Crippen molar-refractivity contribution >= 4 is 28.2 Å². The van der Waals surface area contributed by atoms with Crippen LogP contribution < -0.4 is 5.32 Å². The molecule has 2 aromatic rings. The lowest BCUT2D eigenvalue weighted by molar-refractivity contribution is 0.0601. The topological polar surface area (TPSA) is 55.4 Å². The molecule has 0 unspecified atom stereocenters. The Bertz CT molecular complexity index is 736. The van der Waals surface area contributed by atoms with Gasteiger partial charge in [-0.25, -0.2) is 4.79 Å². The van der Waals surface area contributed by atoms with Crippen molar-refractivity contribution in [3.8, 4) is 0 Å². The minimum Gasteiger partial charge on any atom is -0.465 e. The van der Waals surface area contributed by atoms with Gasteiger partial charge in [0.15, 0.2) is 0 Å². The van der Waals surface area contributed by atoms with Crippen LogP contribution in [0.15, 0.2) is 30.3 Å². The maximum absolute atomic E-state index is 12.4. The summed E-state index contributed by atoms with van der Waals surface area (Å²) < 4.78 is 4.93. The van der Waals surface area contributed by atoms with E-state index in [1.807, 2.05) is 18.2 Å². The Morgan fingerprint density at radius 3 is 2.70 bits per heavy atom. The molecule has 120 valence electrons. The molecule has 1 amide bonds. The number of nitrogens with one attached hydrogen (secondary N) is 1. The fourth-order valence-electron chi connectivity index (χ4n) is 2.92. The smallest absolute Gasteiger partial charge is 0.341 e. The number of methoxy groups -OCH3 is 1. The SMILES string of the molecule is COC(=O)c1c(NC(=O)c2ccccc2)sc2c1CC[C@@H](C)C2. The predicted molar refractivity (Wildman–Crippen MR) is 91.2 cm³/mol. The third-order valence-corrected chi connectivity index (χ3v) is 5.33. The molecule has 0 radical (unpaired) electrons. The van der Waals surface area contributed by atoms with Crippen molar-refractivity contribution in [1.29, 1.82) is 0 Å². The first-order valence-electron chi connectivity index (χ1n) is 7.69. The number of fused-ring (bicyclic) bond motifs is 1. The van der Waals surface area contributed by atoms with E-state index in [9.17, 15) is 9.59 Å².